The zero-order valence-corrected chi connectivity index (χ0v) is 12.8. The van der Waals surface area contributed by atoms with E-state index >= 15 is 0 Å². The van der Waals surface area contributed by atoms with Gasteiger partial charge < -0.3 is 0 Å². The summed E-state index contributed by atoms with van der Waals surface area (Å²) in [5, 5.41) is 2.23. The molecule has 0 aliphatic carbocycles. The molecule has 0 spiro atoms. The molecule has 0 amide bonds. The van der Waals surface area contributed by atoms with E-state index < -0.39 is 0 Å². The van der Waals surface area contributed by atoms with Gasteiger partial charge in [-0.1, -0.05) is 46.5 Å². The van der Waals surface area contributed by atoms with E-state index in [2.05, 4.69) is 39.1 Å². The first-order valence-electron chi connectivity index (χ1n) is 7.23. The van der Waals surface area contributed by atoms with Crippen molar-refractivity contribution in [1.29, 1.82) is 0 Å². The number of hydrogen-bond donors (Lipinski definition) is 0. The zero-order valence-electron chi connectivity index (χ0n) is 12.0. The van der Waals surface area contributed by atoms with Gasteiger partial charge in [-0.3, -0.25) is 0 Å². The van der Waals surface area contributed by atoms with E-state index in [9.17, 15) is 0 Å². The highest BCUT2D eigenvalue weighted by molar-refractivity contribution is 7.10. The van der Waals surface area contributed by atoms with Gasteiger partial charge in [0.05, 0.1) is 0 Å². The lowest BCUT2D eigenvalue weighted by atomic mass is 9.88. The molecule has 0 nitrogen and oxygen atoms in total. The van der Waals surface area contributed by atoms with Gasteiger partial charge in [0.25, 0.3) is 0 Å². The predicted octanol–water partition coefficient (Wildman–Crippen LogP) is 6.16. The van der Waals surface area contributed by atoms with Gasteiger partial charge in [-0.05, 0) is 48.6 Å². The first kappa shape index (κ1) is 14.8. The Balaban J connectivity index is 2.36. The molecule has 0 saturated heterocycles. The summed E-state index contributed by atoms with van der Waals surface area (Å²) < 4.78 is 0. The Hall–Kier alpha value is -0.300. The predicted molar refractivity (Wildman–Crippen MR) is 80.0 cm³/mol. The van der Waals surface area contributed by atoms with Crippen molar-refractivity contribution in [3.8, 4) is 0 Å². The molecule has 1 heterocycles. The van der Waals surface area contributed by atoms with Crippen LogP contribution in [0.2, 0.25) is 0 Å². The minimum atomic E-state index is 0.747. The lowest BCUT2D eigenvalue weighted by Gasteiger charge is -2.17. The van der Waals surface area contributed by atoms with E-state index in [-0.39, 0.29) is 0 Å². The second-order valence-electron chi connectivity index (χ2n) is 5.33. The van der Waals surface area contributed by atoms with Gasteiger partial charge in [-0.25, -0.2) is 0 Å². The molecule has 1 aromatic rings. The highest BCUT2D eigenvalue weighted by Crippen LogP contribution is 2.30. The molecule has 0 radical (unpaired) electrons. The number of unbranched alkanes of at least 4 members (excludes halogenated alkanes) is 1. The summed E-state index contributed by atoms with van der Waals surface area (Å²) in [6.07, 6.45) is 8.31. The second kappa shape index (κ2) is 7.92. The third-order valence-electron chi connectivity index (χ3n) is 3.98. The average Bonchev–Trinajstić information content (AvgIpc) is 2.75. The van der Waals surface area contributed by atoms with Gasteiger partial charge >= 0.3 is 0 Å². The van der Waals surface area contributed by atoms with Crippen molar-refractivity contribution >= 4 is 11.3 Å². The van der Waals surface area contributed by atoms with Crippen molar-refractivity contribution in [2.24, 2.45) is 5.92 Å². The van der Waals surface area contributed by atoms with Crippen LogP contribution in [0.25, 0.3) is 0 Å². The highest BCUT2D eigenvalue weighted by Gasteiger charge is 2.12. The summed E-state index contributed by atoms with van der Waals surface area (Å²) in [5.74, 6) is 1.70. The van der Waals surface area contributed by atoms with Crippen LogP contribution in [0.1, 0.15) is 75.7 Å². The van der Waals surface area contributed by atoms with Gasteiger partial charge in [0.15, 0.2) is 0 Å². The second-order valence-corrected chi connectivity index (χ2v) is 6.45. The first-order valence-corrected chi connectivity index (χ1v) is 8.10. The fraction of sp³-hybridized carbons (Fsp3) is 0.750. The van der Waals surface area contributed by atoms with E-state index in [1.54, 1.807) is 5.56 Å². The van der Waals surface area contributed by atoms with Crippen molar-refractivity contribution in [3.05, 3.63) is 21.9 Å². The Morgan fingerprint density at radius 1 is 1.18 bits per heavy atom. The maximum atomic E-state index is 2.39. The molecule has 0 saturated carbocycles. The maximum Gasteiger partial charge on any atom is 0.00489 e. The topological polar surface area (TPSA) is 0 Å². The first-order chi connectivity index (χ1) is 8.19. The third-order valence-corrected chi connectivity index (χ3v) is 4.84. The van der Waals surface area contributed by atoms with Crippen LogP contribution in [0.4, 0.5) is 0 Å². The molecule has 1 rings (SSSR count). The van der Waals surface area contributed by atoms with Crippen LogP contribution in [0.3, 0.4) is 0 Å². The Kier molecular flexibility index (Phi) is 6.87. The molecule has 0 aliphatic heterocycles. The van der Waals surface area contributed by atoms with E-state index in [0.717, 1.165) is 11.8 Å². The van der Waals surface area contributed by atoms with Crippen LogP contribution in [0.15, 0.2) is 11.4 Å². The summed E-state index contributed by atoms with van der Waals surface area (Å²) in [6, 6.07) is 2.32. The van der Waals surface area contributed by atoms with Crippen LogP contribution >= 0.6 is 11.3 Å². The van der Waals surface area contributed by atoms with Crippen molar-refractivity contribution in [3.63, 3.8) is 0 Å². The molecular weight excluding hydrogens is 224 g/mol. The molecule has 2 atom stereocenters. The van der Waals surface area contributed by atoms with Gasteiger partial charge in [0.1, 0.15) is 0 Å². The van der Waals surface area contributed by atoms with Crippen LogP contribution < -0.4 is 0 Å². The van der Waals surface area contributed by atoms with Crippen molar-refractivity contribution in [1.82, 2.24) is 0 Å². The van der Waals surface area contributed by atoms with Crippen LogP contribution in [0.5, 0.6) is 0 Å². The standard InChI is InChI=1S/C16H28S/c1-5-7-8-15(6-2)10-9-13(3)16-11-12-17-14(16)4/h11-13,15H,5-10H2,1-4H3. The van der Waals surface area contributed by atoms with Crippen LogP contribution in [0, 0.1) is 12.8 Å². The maximum absolute atomic E-state index is 2.39. The SMILES string of the molecule is CCCCC(CC)CCC(C)c1ccsc1C. The molecule has 0 bridgehead atoms. The van der Waals surface area contributed by atoms with Gasteiger partial charge in [0.2, 0.25) is 0 Å². The van der Waals surface area contributed by atoms with Crippen LogP contribution in [-0.4, -0.2) is 0 Å². The van der Waals surface area contributed by atoms with E-state index in [0.29, 0.717) is 0 Å². The minimum Gasteiger partial charge on any atom is -0.149 e. The van der Waals surface area contributed by atoms with Crippen molar-refractivity contribution < 1.29 is 0 Å². The minimum absolute atomic E-state index is 0.747. The van der Waals surface area contributed by atoms with Gasteiger partial charge in [-0.2, -0.15) is 0 Å². The normalized spacial score (nSPS) is 14.8. The van der Waals surface area contributed by atoms with Gasteiger partial charge in [-0.15, -0.1) is 11.3 Å². The summed E-state index contributed by atoms with van der Waals surface area (Å²) in [5.41, 5.74) is 1.58. The van der Waals surface area contributed by atoms with E-state index in [1.165, 1.54) is 43.4 Å². The number of thiophene rings is 1. The molecule has 0 N–H and O–H groups in total. The molecule has 0 aliphatic rings. The van der Waals surface area contributed by atoms with Gasteiger partial charge in [0, 0.05) is 4.88 Å². The molecule has 0 aromatic carbocycles. The largest absolute Gasteiger partial charge is 0.149 e. The monoisotopic (exact) mass is 252 g/mol. The lowest BCUT2D eigenvalue weighted by molar-refractivity contribution is 0.397. The molecule has 1 heteroatoms. The summed E-state index contributed by atoms with van der Waals surface area (Å²) in [4.78, 5) is 1.51. The number of aryl methyl sites for hydroxylation is 1. The lowest BCUT2D eigenvalue weighted by Crippen LogP contribution is -2.02. The average molecular weight is 252 g/mol. The van der Waals surface area contributed by atoms with Crippen molar-refractivity contribution in [2.75, 3.05) is 0 Å². The summed E-state index contributed by atoms with van der Waals surface area (Å²) in [7, 11) is 0. The Labute approximate surface area is 111 Å². The van der Waals surface area contributed by atoms with Crippen LogP contribution in [-0.2, 0) is 0 Å². The molecular formula is C16H28S. The fourth-order valence-corrected chi connectivity index (χ4v) is 3.42. The van der Waals surface area contributed by atoms with E-state index in [1.807, 2.05) is 11.3 Å². The molecule has 17 heavy (non-hydrogen) atoms. The van der Waals surface area contributed by atoms with Crippen molar-refractivity contribution in [2.45, 2.75) is 72.1 Å². The fourth-order valence-electron chi connectivity index (χ4n) is 2.59. The molecule has 1 aromatic heterocycles. The smallest absolute Gasteiger partial charge is 0.00489 e. The van der Waals surface area contributed by atoms with E-state index in [4.69, 9.17) is 0 Å². The zero-order chi connectivity index (χ0) is 12.7. The summed E-state index contributed by atoms with van der Waals surface area (Å²) in [6.45, 7) is 9.29. The molecule has 2 unspecified atom stereocenters. The summed E-state index contributed by atoms with van der Waals surface area (Å²) >= 11 is 1.89. The Morgan fingerprint density at radius 2 is 1.94 bits per heavy atom. The molecule has 0 fully saturated rings. The Bertz CT molecular complexity index is 300. The number of rotatable bonds is 8. The number of hydrogen-bond acceptors (Lipinski definition) is 1. The Morgan fingerprint density at radius 3 is 2.47 bits per heavy atom. The quantitative estimate of drug-likeness (QED) is 0.520. The molecule has 98 valence electrons. The highest BCUT2D eigenvalue weighted by atomic mass is 32.1. The third kappa shape index (κ3) is 4.83.